The molecule has 0 saturated heterocycles. The summed E-state index contributed by atoms with van der Waals surface area (Å²) in [6, 6.07) is 0. The molecule has 0 aromatic carbocycles. The molecule has 10 heavy (non-hydrogen) atoms. The zero-order valence-electron chi connectivity index (χ0n) is 5.91. The molecule has 2 N–H and O–H groups in total. The van der Waals surface area contributed by atoms with Crippen LogP contribution in [-0.2, 0) is 37.2 Å². The van der Waals surface area contributed by atoms with Gasteiger partial charge in [-0.1, -0.05) is 0 Å². The molecule has 0 saturated carbocycles. The van der Waals surface area contributed by atoms with E-state index in [0.29, 0.717) is 0 Å². The molecule has 56 valence electrons. The Balaban J connectivity index is 0. The summed E-state index contributed by atoms with van der Waals surface area (Å²) in [7, 11) is 0. The van der Waals surface area contributed by atoms with Gasteiger partial charge in [-0.3, -0.25) is 0 Å². The van der Waals surface area contributed by atoms with Gasteiger partial charge in [0, 0.05) is 27.7 Å². The Hall–Kier alpha value is 0.325. The van der Waals surface area contributed by atoms with Gasteiger partial charge in [-0.15, -0.1) is 0 Å². The average Bonchev–Trinajstić information content (AvgIpc) is 1.63. The number of carbonyl (C=O) groups is 1. The minimum atomic E-state index is -1.02. The van der Waals surface area contributed by atoms with Crippen molar-refractivity contribution in [3.63, 3.8) is 0 Å². The normalized spacial score (nSPS) is 11.8. The van der Waals surface area contributed by atoms with Gasteiger partial charge in [-0.2, -0.15) is 0 Å². The fourth-order valence-electron chi connectivity index (χ4n) is 0.317. The quantitative estimate of drug-likeness (QED) is 0.678. The van der Waals surface area contributed by atoms with Crippen LogP contribution in [0.4, 0.5) is 0 Å². The van der Waals surface area contributed by atoms with E-state index in [0.717, 1.165) is 0 Å². The first-order valence-corrected chi connectivity index (χ1v) is 2.60. The van der Waals surface area contributed by atoms with Gasteiger partial charge in [0.15, 0.2) is 0 Å². The van der Waals surface area contributed by atoms with Crippen LogP contribution in [0.15, 0.2) is 0 Å². The topological polar surface area (TPSA) is 66.8 Å². The number of carboxylic acid groups (broad SMARTS) is 1. The maximum atomic E-state index is 9.77. The number of rotatable bonds is 4. The number of aliphatic carboxylic acids is 1. The van der Waals surface area contributed by atoms with Crippen molar-refractivity contribution in [1.29, 1.82) is 0 Å². The third-order valence-corrected chi connectivity index (χ3v) is 0.585. The molecule has 0 radical (unpaired) electrons. The first kappa shape index (κ1) is 13.0. The van der Waals surface area contributed by atoms with Crippen molar-refractivity contribution in [3.8, 4) is 0 Å². The van der Waals surface area contributed by atoms with Crippen LogP contribution < -0.4 is 0 Å². The van der Waals surface area contributed by atoms with E-state index in [4.69, 9.17) is 10.2 Å². The SMILES string of the molecule is CC(O)COCC(=O)O.[Hg]. The number of aliphatic hydroxyl groups excluding tert-OH is 1. The van der Waals surface area contributed by atoms with Crippen molar-refractivity contribution in [1.82, 2.24) is 0 Å². The van der Waals surface area contributed by atoms with Crippen LogP contribution in [-0.4, -0.2) is 35.5 Å². The first-order valence-electron chi connectivity index (χ1n) is 2.60. The van der Waals surface area contributed by atoms with E-state index in [2.05, 4.69) is 4.74 Å². The summed E-state index contributed by atoms with van der Waals surface area (Å²) in [5.41, 5.74) is 0. The molecule has 0 fully saturated rings. The minimum Gasteiger partial charge on any atom is -0.480 e. The summed E-state index contributed by atoms with van der Waals surface area (Å²) in [4.78, 5) is 9.77. The Morgan fingerprint density at radius 1 is 1.70 bits per heavy atom. The van der Waals surface area contributed by atoms with Crippen LogP contribution in [0, 0.1) is 0 Å². The molecule has 5 heteroatoms. The summed E-state index contributed by atoms with van der Waals surface area (Å²) in [6.07, 6.45) is -0.593. The maximum absolute atomic E-state index is 9.77. The second kappa shape index (κ2) is 7.43. The summed E-state index contributed by atoms with van der Waals surface area (Å²) < 4.78 is 4.51. The third kappa shape index (κ3) is 11.2. The molecule has 0 heterocycles. The van der Waals surface area contributed by atoms with Crippen LogP contribution in [0.25, 0.3) is 0 Å². The van der Waals surface area contributed by atoms with Crippen molar-refractivity contribution in [2.24, 2.45) is 0 Å². The summed E-state index contributed by atoms with van der Waals surface area (Å²) in [5, 5.41) is 16.6. The summed E-state index contributed by atoms with van der Waals surface area (Å²) in [5.74, 6) is -1.02. The molecule has 0 spiro atoms. The van der Waals surface area contributed by atoms with Gasteiger partial charge >= 0.3 is 5.97 Å². The number of carboxylic acids is 1. The van der Waals surface area contributed by atoms with Gasteiger partial charge in [0.2, 0.25) is 0 Å². The van der Waals surface area contributed by atoms with Crippen molar-refractivity contribution < 1.29 is 47.4 Å². The first-order chi connectivity index (χ1) is 4.13. The Morgan fingerprint density at radius 3 is 2.50 bits per heavy atom. The van der Waals surface area contributed by atoms with Crippen molar-refractivity contribution in [2.45, 2.75) is 13.0 Å². The fraction of sp³-hybridized carbons (Fsp3) is 0.800. The molecule has 1 atom stereocenters. The number of hydrogen-bond acceptors (Lipinski definition) is 3. The van der Waals surface area contributed by atoms with Gasteiger partial charge in [-0.05, 0) is 6.92 Å². The molecule has 0 rings (SSSR count). The number of aliphatic hydroxyl groups is 1. The third-order valence-electron chi connectivity index (χ3n) is 0.585. The summed E-state index contributed by atoms with van der Waals surface area (Å²) >= 11 is 0. The zero-order chi connectivity index (χ0) is 7.28. The van der Waals surface area contributed by atoms with E-state index < -0.39 is 12.1 Å². The van der Waals surface area contributed by atoms with Crippen molar-refractivity contribution in [2.75, 3.05) is 13.2 Å². The molecule has 4 nitrogen and oxygen atoms in total. The van der Waals surface area contributed by atoms with E-state index in [1.165, 1.54) is 6.92 Å². The minimum absolute atomic E-state index is 0. The van der Waals surface area contributed by atoms with Gasteiger partial charge in [-0.25, -0.2) is 4.79 Å². The van der Waals surface area contributed by atoms with Crippen LogP contribution in [0.1, 0.15) is 6.92 Å². The zero-order valence-corrected chi connectivity index (χ0v) is 11.4. The van der Waals surface area contributed by atoms with E-state index in [1.54, 1.807) is 0 Å². The van der Waals surface area contributed by atoms with Crippen molar-refractivity contribution >= 4 is 5.97 Å². The molecule has 0 aliphatic carbocycles. The molecule has 0 amide bonds. The Bertz CT molecular complexity index is 93.6. The molecule has 0 aromatic heterocycles. The van der Waals surface area contributed by atoms with E-state index in [-0.39, 0.29) is 40.9 Å². The van der Waals surface area contributed by atoms with Crippen LogP contribution in [0.2, 0.25) is 0 Å². The predicted molar refractivity (Wildman–Crippen MR) is 30.1 cm³/mol. The molecule has 0 aliphatic heterocycles. The molecular weight excluding hydrogens is 325 g/mol. The van der Waals surface area contributed by atoms with Crippen LogP contribution in [0.3, 0.4) is 0 Å². The number of ether oxygens (including phenoxy) is 1. The molecule has 0 aliphatic rings. The molecule has 1 unspecified atom stereocenters. The average molecular weight is 335 g/mol. The van der Waals surface area contributed by atoms with E-state index in [1.807, 2.05) is 0 Å². The molecule has 0 aromatic rings. The van der Waals surface area contributed by atoms with Crippen LogP contribution >= 0.6 is 0 Å². The summed E-state index contributed by atoms with van der Waals surface area (Å²) in [6.45, 7) is 1.26. The predicted octanol–water partition coefficient (Wildman–Crippen LogP) is -0.534. The Kier molecular flexibility index (Phi) is 9.63. The van der Waals surface area contributed by atoms with Gasteiger partial charge in [0.05, 0.1) is 12.7 Å². The largest absolute Gasteiger partial charge is 0.480 e. The van der Waals surface area contributed by atoms with Crippen molar-refractivity contribution in [3.05, 3.63) is 0 Å². The van der Waals surface area contributed by atoms with E-state index >= 15 is 0 Å². The second-order valence-electron chi connectivity index (χ2n) is 1.76. The second-order valence-corrected chi connectivity index (χ2v) is 1.76. The van der Waals surface area contributed by atoms with E-state index in [9.17, 15) is 4.79 Å². The standard InChI is InChI=1S/C5H10O4.Hg/c1-4(6)2-9-3-5(7)8;/h4,6H,2-3H2,1H3,(H,7,8);. The van der Waals surface area contributed by atoms with Gasteiger partial charge < -0.3 is 14.9 Å². The monoisotopic (exact) mass is 336 g/mol. The van der Waals surface area contributed by atoms with Gasteiger partial charge in [0.25, 0.3) is 0 Å². The van der Waals surface area contributed by atoms with Gasteiger partial charge in [0.1, 0.15) is 6.61 Å². The number of hydrogen-bond donors (Lipinski definition) is 2. The molecular formula is C5H10HgO4. The van der Waals surface area contributed by atoms with Crippen LogP contribution in [0.5, 0.6) is 0 Å². The Labute approximate surface area is 79.7 Å². The Morgan fingerprint density at radius 2 is 2.20 bits per heavy atom. The smallest absolute Gasteiger partial charge is 0.329 e. The maximum Gasteiger partial charge on any atom is 0.329 e. The fourth-order valence-corrected chi connectivity index (χ4v) is 0.317. The molecule has 0 bridgehead atoms.